The van der Waals surface area contributed by atoms with Crippen LogP contribution >= 0.6 is 0 Å². The molecule has 0 bridgehead atoms. The van der Waals surface area contributed by atoms with Crippen LogP contribution in [0, 0.1) is 11.8 Å². The Morgan fingerprint density at radius 1 is 1.29 bits per heavy atom. The fourth-order valence-corrected chi connectivity index (χ4v) is 2.57. The third-order valence-electron chi connectivity index (χ3n) is 4.04. The van der Waals surface area contributed by atoms with E-state index in [1.54, 1.807) is 0 Å². The van der Waals surface area contributed by atoms with Crippen molar-refractivity contribution >= 4 is 12.0 Å². The van der Waals surface area contributed by atoms with Gasteiger partial charge in [-0.15, -0.1) is 0 Å². The van der Waals surface area contributed by atoms with E-state index in [9.17, 15) is 9.59 Å². The number of amides is 2. The molecule has 2 amide bonds. The Kier molecular flexibility index (Phi) is 4.99. The number of rotatable bonds is 5. The van der Waals surface area contributed by atoms with Gasteiger partial charge in [0.05, 0.1) is 6.04 Å². The first kappa shape index (κ1) is 15.5. The van der Waals surface area contributed by atoms with Crippen molar-refractivity contribution in [3.63, 3.8) is 0 Å². The van der Waals surface area contributed by atoms with Gasteiger partial charge in [-0.1, -0.05) is 51.1 Å². The molecule has 2 atom stereocenters. The van der Waals surface area contributed by atoms with E-state index in [0.29, 0.717) is 6.61 Å². The zero-order valence-electron chi connectivity index (χ0n) is 12.9. The summed E-state index contributed by atoms with van der Waals surface area (Å²) < 4.78 is 5.04. The van der Waals surface area contributed by atoms with Crippen LogP contribution in [0.5, 0.6) is 0 Å². The summed E-state index contributed by atoms with van der Waals surface area (Å²) in [6.07, 6.45) is 1.07. The van der Waals surface area contributed by atoms with Crippen molar-refractivity contribution in [2.75, 3.05) is 6.61 Å². The number of hydrogen-bond acceptors (Lipinski definition) is 3. The predicted molar refractivity (Wildman–Crippen MR) is 80.7 cm³/mol. The van der Waals surface area contributed by atoms with Gasteiger partial charge < -0.3 is 4.74 Å². The number of ether oxygens (including phenoxy) is 1. The highest BCUT2D eigenvalue weighted by Gasteiger charge is 2.40. The zero-order valence-corrected chi connectivity index (χ0v) is 12.9. The third kappa shape index (κ3) is 3.63. The molecular formula is C17H23NO3. The number of imide groups is 1. The Labute approximate surface area is 126 Å². The fourth-order valence-electron chi connectivity index (χ4n) is 2.57. The van der Waals surface area contributed by atoms with Gasteiger partial charge in [0.25, 0.3) is 0 Å². The molecule has 0 unspecified atom stereocenters. The third-order valence-corrected chi connectivity index (χ3v) is 4.04. The molecule has 114 valence electrons. The molecule has 21 heavy (non-hydrogen) atoms. The lowest BCUT2D eigenvalue weighted by atomic mass is 9.98. The van der Waals surface area contributed by atoms with Gasteiger partial charge >= 0.3 is 6.09 Å². The highest BCUT2D eigenvalue weighted by molar-refractivity contribution is 5.94. The van der Waals surface area contributed by atoms with Crippen LogP contribution in [0.1, 0.15) is 32.8 Å². The second kappa shape index (κ2) is 6.74. The highest BCUT2D eigenvalue weighted by Crippen LogP contribution is 2.23. The molecule has 2 rings (SSSR count). The molecule has 1 aliphatic rings. The van der Waals surface area contributed by atoms with Gasteiger partial charge in [-0.05, 0) is 24.3 Å². The normalized spacial score (nSPS) is 19.7. The maximum absolute atomic E-state index is 12.5. The maximum Gasteiger partial charge on any atom is 0.416 e. The standard InChI is InChI=1S/C17H23NO3/c1-12(2)15-11-21-17(20)18(15)16(19)13(3)9-10-14-7-5-4-6-8-14/h4-8,12-13,15H,9-11H2,1-3H3/t13-,15+/m0/s1. The number of nitrogens with zero attached hydrogens (tertiary/aromatic N) is 1. The van der Waals surface area contributed by atoms with Crippen LogP contribution in [0.25, 0.3) is 0 Å². The number of aryl methyl sites for hydroxylation is 1. The minimum absolute atomic E-state index is 0.118. The first-order valence-electron chi connectivity index (χ1n) is 7.54. The highest BCUT2D eigenvalue weighted by atomic mass is 16.6. The quantitative estimate of drug-likeness (QED) is 0.836. The van der Waals surface area contributed by atoms with Crippen molar-refractivity contribution < 1.29 is 14.3 Å². The molecule has 0 N–H and O–H groups in total. The van der Waals surface area contributed by atoms with E-state index in [2.05, 4.69) is 12.1 Å². The predicted octanol–water partition coefficient (Wildman–Crippen LogP) is 3.26. The lowest BCUT2D eigenvalue weighted by Gasteiger charge is -2.25. The van der Waals surface area contributed by atoms with Gasteiger partial charge in [0, 0.05) is 5.92 Å². The van der Waals surface area contributed by atoms with Gasteiger partial charge in [-0.3, -0.25) is 4.79 Å². The molecule has 0 radical (unpaired) electrons. The molecule has 1 aliphatic heterocycles. The van der Waals surface area contributed by atoms with E-state index in [1.807, 2.05) is 39.0 Å². The summed E-state index contributed by atoms with van der Waals surface area (Å²) in [6.45, 7) is 6.20. The zero-order chi connectivity index (χ0) is 15.4. The van der Waals surface area contributed by atoms with Crippen LogP contribution in [0.3, 0.4) is 0 Å². The van der Waals surface area contributed by atoms with Crippen molar-refractivity contribution in [3.8, 4) is 0 Å². The van der Waals surface area contributed by atoms with E-state index in [4.69, 9.17) is 4.74 Å². The number of cyclic esters (lactones) is 1. The number of benzene rings is 1. The molecular weight excluding hydrogens is 266 g/mol. The Bertz CT molecular complexity index is 498. The van der Waals surface area contributed by atoms with Crippen molar-refractivity contribution in [1.82, 2.24) is 4.90 Å². The van der Waals surface area contributed by atoms with Crippen LogP contribution in [0.15, 0.2) is 30.3 Å². The molecule has 1 heterocycles. The van der Waals surface area contributed by atoms with E-state index in [1.165, 1.54) is 10.5 Å². The molecule has 1 aromatic carbocycles. The maximum atomic E-state index is 12.5. The van der Waals surface area contributed by atoms with Gasteiger partial charge in [-0.25, -0.2) is 9.69 Å². The smallest absolute Gasteiger partial charge is 0.416 e. The van der Waals surface area contributed by atoms with Crippen molar-refractivity contribution in [2.45, 2.75) is 39.7 Å². The monoisotopic (exact) mass is 289 g/mol. The SMILES string of the molecule is CC(C)[C@H]1COC(=O)N1C(=O)[C@@H](C)CCc1ccccc1. The largest absolute Gasteiger partial charge is 0.447 e. The van der Waals surface area contributed by atoms with Gasteiger partial charge in [0.1, 0.15) is 6.61 Å². The van der Waals surface area contributed by atoms with Gasteiger partial charge in [-0.2, -0.15) is 0 Å². The van der Waals surface area contributed by atoms with Crippen LogP contribution in [0.2, 0.25) is 0 Å². The van der Waals surface area contributed by atoms with E-state index in [0.717, 1.165) is 12.8 Å². The molecule has 0 aromatic heterocycles. The van der Waals surface area contributed by atoms with Crippen molar-refractivity contribution in [1.29, 1.82) is 0 Å². The minimum atomic E-state index is -0.495. The van der Waals surface area contributed by atoms with Crippen LogP contribution < -0.4 is 0 Å². The second-order valence-electron chi connectivity index (χ2n) is 6.02. The molecule has 0 aliphatic carbocycles. The first-order chi connectivity index (χ1) is 10.0. The summed E-state index contributed by atoms with van der Waals surface area (Å²) in [7, 11) is 0. The number of carbonyl (C=O) groups is 2. The Hall–Kier alpha value is -1.84. The molecule has 4 nitrogen and oxygen atoms in total. The summed E-state index contributed by atoms with van der Waals surface area (Å²) in [4.78, 5) is 25.6. The van der Waals surface area contributed by atoms with Crippen LogP contribution in [-0.4, -0.2) is 29.5 Å². The fraction of sp³-hybridized carbons (Fsp3) is 0.529. The molecule has 1 fully saturated rings. The molecule has 0 spiro atoms. The summed E-state index contributed by atoms with van der Waals surface area (Å²) in [6, 6.07) is 9.94. The number of carbonyl (C=O) groups excluding carboxylic acids is 2. The van der Waals surface area contributed by atoms with Crippen molar-refractivity contribution in [2.24, 2.45) is 11.8 Å². The van der Waals surface area contributed by atoms with Gasteiger partial charge in [0.2, 0.25) is 5.91 Å². The lowest BCUT2D eigenvalue weighted by Crippen LogP contribution is -2.44. The van der Waals surface area contributed by atoms with Crippen molar-refractivity contribution in [3.05, 3.63) is 35.9 Å². The van der Waals surface area contributed by atoms with Crippen LogP contribution in [-0.2, 0) is 16.0 Å². The topological polar surface area (TPSA) is 46.6 Å². The van der Waals surface area contributed by atoms with Crippen LogP contribution in [0.4, 0.5) is 4.79 Å². The summed E-state index contributed by atoms with van der Waals surface area (Å²) in [5.41, 5.74) is 1.21. The summed E-state index contributed by atoms with van der Waals surface area (Å²) in [5.74, 6) is -0.0917. The van der Waals surface area contributed by atoms with E-state index in [-0.39, 0.29) is 23.8 Å². The summed E-state index contributed by atoms with van der Waals surface area (Å²) in [5, 5.41) is 0. The molecule has 1 aromatic rings. The summed E-state index contributed by atoms with van der Waals surface area (Å²) >= 11 is 0. The van der Waals surface area contributed by atoms with E-state index >= 15 is 0 Å². The molecule has 0 saturated carbocycles. The lowest BCUT2D eigenvalue weighted by molar-refractivity contribution is -0.133. The first-order valence-corrected chi connectivity index (χ1v) is 7.54. The Morgan fingerprint density at radius 2 is 1.95 bits per heavy atom. The second-order valence-corrected chi connectivity index (χ2v) is 6.02. The number of hydrogen-bond donors (Lipinski definition) is 0. The van der Waals surface area contributed by atoms with Gasteiger partial charge in [0.15, 0.2) is 0 Å². The minimum Gasteiger partial charge on any atom is -0.447 e. The average Bonchev–Trinajstić information content (AvgIpc) is 2.87. The Balaban J connectivity index is 1.96. The molecule has 4 heteroatoms. The average molecular weight is 289 g/mol. The Morgan fingerprint density at radius 3 is 2.57 bits per heavy atom. The molecule has 1 saturated heterocycles. The van der Waals surface area contributed by atoms with E-state index < -0.39 is 6.09 Å².